The second-order valence-corrected chi connectivity index (χ2v) is 17.3. The van der Waals surface area contributed by atoms with Gasteiger partial charge in [0.25, 0.3) is 0 Å². The maximum atomic E-state index is 13.9. The van der Waals surface area contributed by atoms with Crippen LogP contribution >= 0.6 is 0 Å². The standard InChI is InChI=1S/C50H89NO15/c1-6-9-12-15-21-30-43(52)59-34-24-18-27-37-62-46(55)41-50(66-49(58)65-40-33-51(4)5,48(57)64-39-29-20-26-36-61-45(54)32-23-17-14-11-8-3)42-47(56)63-38-28-19-25-35-60-44(53)31-22-16-13-10-7-2/h6-42H2,1-5H3. The molecule has 0 amide bonds. The van der Waals surface area contributed by atoms with Crippen LogP contribution in [0.5, 0.6) is 0 Å². The van der Waals surface area contributed by atoms with E-state index in [-0.39, 0.29) is 64.2 Å². The maximum Gasteiger partial charge on any atom is 0.509 e. The van der Waals surface area contributed by atoms with E-state index in [1.165, 1.54) is 0 Å². The molecule has 0 rings (SSSR count). The predicted molar refractivity (Wildman–Crippen MR) is 250 cm³/mol. The summed E-state index contributed by atoms with van der Waals surface area (Å²) in [6.07, 6.45) is 18.3. The molecule has 0 unspecified atom stereocenters. The lowest BCUT2D eigenvalue weighted by molar-refractivity contribution is -0.180. The Morgan fingerprint density at radius 2 is 0.652 bits per heavy atom. The summed E-state index contributed by atoms with van der Waals surface area (Å²) in [4.78, 5) is 91.5. The normalized spacial score (nSPS) is 11.2. The molecule has 0 aliphatic heterocycles. The van der Waals surface area contributed by atoms with Crippen molar-refractivity contribution < 1.29 is 71.5 Å². The number of hydrogen-bond donors (Lipinski definition) is 0. The monoisotopic (exact) mass is 944 g/mol. The Morgan fingerprint density at radius 3 is 0.985 bits per heavy atom. The van der Waals surface area contributed by atoms with Crippen molar-refractivity contribution in [3.8, 4) is 0 Å². The van der Waals surface area contributed by atoms with Crippen LogP contribution in [0.25, 0.3) is 0 Å². The van der Waals surface area contributed by atoms with Crippen molar-refractivity contribution in [1.29, 1.82) is 0 Å². The fraction of sp³-hybridized carbons (Fsp3) is 0.860. The third-order valence-electron chi connectivity index (χ3n) is 10.6. The van der Waals surface area contributed by atoms with E-state index in [0.29, 0.717) is 83.6 Å². The van der Waals surface area contributed by atoms with Gasteiger partial charge in [-0.3, -0.25) is 24.0 Å². The van der Waals surface area contributed by atoms with Crippen LogP contribution in [-0.4, -0.2) is 119 Å². The SMILES string of the molecule is CCCCCCCC(=O)OCCCCCOC(=O)CC(CC(=O)OCCCCCOC(=O)CCCCCCC)(OC(=O)OCCN(C)C)C(=O)OCCCCCOC(=O)CCCCCCC. The van der Waals surface area contributed by atoms with Gasteiger partial charge in [0.15, 0.2) is 0 Å². The number of esters is 6. The second-order valence-electron chi connectivity index (χ2n) is 17.3. The van der Waals surface area contributed by atoms with Crippen molar-refractivity contribution in [1.82, 2.24) is 4.90 Å². The summed E-state index contributed by atoms with van der Waals surface area (Å²) < 4.78 is 43.1. The Balaban J connectivity index is 5.47. The zero-order chi connectivity index (χ0) is 48.9. The molecular weight excluding hydrogens is 855 g/mol. The lowest BCUT2D eigenvalue weighted by atomic mass is 9.95. The molecule has 0 aliphatic carbocycles. The third-order valence-corrected chi connectivity index (χ3v) is 10.6. The van der Waals surface area contributed by atoms with E-state index in [4.69, 9.17) is 37.9 Å². The van der Waals surface area contributed by atoms with Crippen LogP contribution in [0.4, 0.5) is 4.79 Å². The summed E-state index contributed by atoms with van der Waals surface area (Å²) in [5.74, 6) is -3.69. The summed E-state index contributed by atoms with van der Waals surface area (Å²) in [6.45, 7) is 7.15. The third kappa shape index (κ3) is 38.2. The Hall–Kier alpha value is -3.95. The van der Waals surface area contributed by atoms with Crippen molar-refractivity contribution in [3.63, 3.8) is 0 Å². The average molecular weight is 944 g/mol. The lowest BCUT2D eigenvalue weighted by Crippen LogP contribution is -2.49. The first-order valence-corrected chi connectivity index (χ1v) is 25.3. The molecule has 66 heavy (non-hydrogen) atoms. The molecule has 0 aromatic heterocycles. The molecule has 0 saturated heterocycles. The fourth-order valence-electron chi connectivity index (χ4n) is 6.59. The number of unbranched alkanes of at least 4 members (excludes halogenated alkanes) is 18. The van der Waals surface area contributed by atoms with E-state index in [2.05, 4.69) is 20.8 Å². The smallest absolute Gasteiger partial charge is 0.466 e. The topological polar surface area (TPSA) is 197 Å². The molecule has 0 heterocycles. The molecule has 0 atom stereocenters. The Labute approximate surface area is 396 Å². The van der Waals surface area contributed by atoms with Crippen LogP contribution in [-0.2, 0) is 66.7 Å². The van der Waals surface area contributed by atoms with Gasteiger partial charge in [0.1, 0.15) is 6.61 Å². The van der Waals surface area contributed by atoms with Crippen molar-refractivity contribution in [2.24, 2.45) is 0 Å². The zero-order valence-electron chi connectivity index (χ0n) is 41.7. The van der Waals surface area contributed by atoms with Gasteiger partial charge in [-0.1, -0.05) is 97.8 Å². The lowest BCUT2D eigenvalue weighted by Gasteiger charge is -2.29. The number of hydrogen-bond acceptors (Lipinski definition) is 16. The first-order chi connectivity index (χ1) is 31.9. The van der Waals surface area contributed by atoms with Gasteiger partial charge in [0.2, 0.25) is 5.60 Å². The number of nitrogens with zero attached hydrogens (tertiary/aromatic N) is 1. The number of rotatable bonds is 45. The number of ether oxygens (including phenoxy) is 8. The highest BCUT2D eigenvalue weighted by atomic mass is 16.7. The molecule has 384 valence electrons. The Bertz CT molecular complexity index is 1240. The van der Waals surface area contributed by atoms with Gasteiger partial charge in [-0.15, -0.1) is 0 Å². The van der Waals surface area contributed by atoms with Gasteiger partial charge in [-0.2, -0.15) is 0 Å². The van der Waals surface area contributed by atoms with Crippen molar-refractivity contribution in [2.75, 3.05) is 66.9 Å². The average Bonchev–Trinajstić information content (AvgIpc) is 3.27. The Morgan fingerprint density at radius 1 is 0.348 bits per heavy atom. The summed E-state index contributed by atoms with van der Waals surface area (Å²) in [6, 6.07) is 0. The minimum atomic E-state index is -2.47. The second kappa shape index (κ2) is 43.6. The minimum Gasteiger partial charge on any atom is -0.466 e. The van der Waals surface area contributed by atoms with Crippen LogP contribution in [0.2, 0.25) is 0 Å². The molecular formula is C50H89NO15. The van der Waals surface area contributed by atoms with Gasteiger partial charge < -0.3 is 42.8 Å². The molecule has 0 aliphatic rings. The summed E-state index contributed by atoms with van der Waals surface area (Å²) in [5.41, 5.74) is -2.47. The largest absolute Gasteiger partial charge is 0.509 e. The molecule has 0 aromatic rings. The number of likely N-dealkylation sites (N-methyl/N-ethyl adjacent to an activating group) is 1. The van der Waals surface area contributed by atoms with Gasteiger partial charge in [0, 0.05) is 25.8 Å². The fourth-order valence-corrected chi connectivity index (χ4v) is 6.59. The summed E-state index contributed by atoms with van der Waals surface area (Å²) in [5, 5.41) is 0. The van der Waals surface area contributed by atoms with Crippen molar-refractivity contribution in [3.05, 3.63) is 0 Å². The molecule has 16 nitrogen and oxygen atoms in total. The van der Waals surface area contributed by atoms with Crippen LogP contribution in [0.1, 0.15) is 207 Å². The van der Waals surface area contributed by atoms with E-state index in [1.54, 1.807) is 19.0 Å². The molecule has 0 saturated carbocycles. The highest BCUT2D eigenvalue weighted by Crippen LogP contribution is 2.27. The first-order valence-electron chi connectivity index (χ1n) is 25.3. The quantitative estimate of drug-likeness (QED) is 0.0317. The molecule has 0 N–H and O–H groups in total. The molecule has 0 fully saturated rings. The van der Waals surface area contributed by atoms with Gasteiger partial charge in [-0.25, -0.2) is 9.59 Å². The van der Waals surface area contributed by atoms with Crippen LogP contribution in [0, 0.1) is 0 Å². The molecule has 0 spiro atoms. The highest BCUT2D eigenvalue weighted by Gasteiger charge is 2.50. The molecule has 0 radical (unpaired) electrons. The van der Waals surface area contributed by atoms with Gasteiger partial charge >= 0.3 is 42.0 Å². The Kier molecular flexibility index (Phi) is 41.0. The maximum absolute atomic E-state index is 13.9. The van der Waals surface area contributed by atoms with E-state index in [9.17, 15) is 33.6 Å². The predicted octanol–water partition coefficient (Wildman–Crippen LogP) is 10.1. The summed E-state index contributed by atoms with van der Waals surface area (Å²) in [7, 11) is 3.54. The van der Waals surface area contributed by atoms with E-state index in [1.807, 2.05) is 0 Å². The van der Waals surface area contributed by atoms with E-state index < -0.39 is 42.5 Å². The first kappa shape index (κ1) is 62.1. The highest BCUT2D eigenvalue weighted by molar-refractivity contribution is 5.92. The van der Waals surface area contributed by atoms with Gasteiger partial charge in [0.05, 0.1) is 52.5 Å². The number of carbonyl (C=O) groups excluding carboxylic acids is 7. The van der Waals surface area contributed by atoms with Crippen LogP contribution in [0.3, 0.4) is 0 Å². The summed E-state index contributed by atoms with van der Waals surface area (Å²) >= 11 is 0. The van der Waals surface area contributed by atoms with Crippen LogP contribution in [0.15, 0.2) is 0 Å². The molecule has 0 bridgehead atoms. The molecule has 16 heteroatoms. The van der Waals surface area contributed by atoms with Crippen LogP contribution < -0.4 is 0 Å². The van der Waals surface area contributed by atoms with E-state index >= 15 is 0 Å². The van der Waals surface area contributed by atoms with E-state index in [0.717, 1.165) is 96.3 Å². The number of carbonyl (C=O) groups is 7. The molecule has 0 aromatic carbocycles. The van der Waals surface area contributed by atoms with Crippen molar-refractivity contribution >= 4 is 42.0 Å². The van der Waals surface area contributed by atoms with Crippen molar-refractivity contribution in [2.45, 2.75) is 213 Å². The minimum absolute atomic E-state index is 0.0369. The van der Waals surface area contributed by atoms with Gasteiger partial charge in [-0.05, 0) is 91.1 Å². The zero-order valence-corrected chi connectivity index (χ0v) is 41.7.